The number of nitrogens with zero attached hydrogens (tertiary/aromatic N) is 4. The first-order valence-electron chi connectivity index (χ1n) is 6.94. The highest BCUT2D eigenvalue weighted by atomic mass is 32.1. The molecule has 0 unspecified atom stereocenters. The Labute approximate surface area is 128 Å². The first-order chi connectivity index (χ1) is 10.2. The minimum absolute atomic E-state index is 0.416. The zero-order valence-electron chi connectivity index (χ0n) is 11.9. The molecule has 5 nitrogen and oxygen atoms in total. The average Bonchev–Trinajstić information content (AvgIpc) is 3.07. The molecule has 0 aliphatic heterocycles. The molecule has 0 aliphatic carbocycles. The SMILES string of the molecule is CCCn1ncnc1Cn1ccc2ccc(C(N)=S)cc21. The fourth-order valence-electron chi connectivity index (χ4n) is 2.44. The molecule has 0 saturated carbocycles. The molecule has 0 aliphatic rings. The number of fused-ring (bicyclic) bond motifs is 1. The molecule has 0 saturated heterocycles. The summed E-state index contributed by atoms with van der Waals surface area (Å²) in [6.07, 6.45) is 4.70. The van der Waals surface area contributed by atoms with E-state index in [1.165, 1.54) is 0 Å². The standard InChI is InChI=1S/C15H17N5S/c1-2-6-20-14(17-10-18-20)9-19-7-5-11-3-4-12(15(16)21)8-13(11)19/h3-5,7-8,10H,2,6,9H2,1H3,(H2,16,21). The van der Waals surface area contributed by atoms with Crippen molar-refractivity contribution >= 4 is 28.1 Å². The molecule has 0 radical (unpaired) electrons. The van der Waals surface area contributed by atoms with Crippen molar-refractivity contribution in [3.63, 3.8) is 0 Å². The lowest BCUT2D eigenvalue weighted by molar-refractivity contribution is 0.557. The Balaban J connectivity index is 1.98. The van der Waals surface area contributed by atoms with Gasteiger partial charge in [-0.3, -0.25) is 0 Å². The summed E-state index contributed by atoms with van der Waals surface area (Å²) >= 11 is 5.06. The van der Waals surface area contributed by atoms with Crippen LogP contribution in [0.5, 0.6) is 0 Å². The third-order valence-electron chi connectivity index (χ3n) is 3.50. The van der Waals surface area contributed by atoms with Crippen LogP contribution in [-0.2, 0) is 13.1 Å². The number of hydrogen-bond donors (Lipinski definition) is 1. The van der Waals surface area contributed by atoms with E-state index in [1.54, 1.807) is 6.33 Å². The number of aromatic nitrogens is 4. The average molecular weight is 299 g/mol. The fraction of sp³-hybridized carbons (Fsp3) is 0.267. The van der Waals surface area contributed by atoms with Crippen LogP contribution in [0.2, 0.25) is 0 Å². The zero-order valence-corrected chi connectivity index (χ0v) is 12.7. The van der Waals surface area contributed by atoms with Gasteiger partial charge in [-0.2, -0.15) is 5.10 Å². The van der Waals surface area contributed by atoms with E-state index < -0.39 is 0 Å². The quantitative estimate of drug-likeness (QED) is 0.735. The van der Waals surface area contributed by atoms with Crippen LogP contribution in [-0.4, -0.2) is 24.3 Å². The summed E-state index contributed by atoms with van der Waals surface area (Å²) in [5.41, 5.74) is 7.70. The zero-order chi connectivity index (χ0) is 14.8. The number of benzene rings is 1. The van der Waals surface area contributed by atoms with Gasteiger partial charge in [0.05, 0.1) is 6.54 Å². The van der Waals surface area contributed by atoms with Gasteiger partial charge >= 0.3 is 0 Å². The normalized spacial score (nSPS) is 11.1. The molecule has 0 atom stereocenters. The summed E-state index contributed by atoms with van der Waals surface area (Å²) in [4.78, 5) is 4.77. The van der Waals surface area contributed by atoms with Gasteiger partial charge in [-0.05, 0) is 23.9 Å². The van der Waals surface area contributed by atoms with Gasteiger partial charge in [0.25, 0.3) is 0 Å². The van der Waals surface area contributed by atoms with Crippen LogP contribution in [0.3, 0.4) is 0 Å². The van der Waals surface area contributed by atoms with Gasteiger partial charge in [0.1, 0.15) is 17.1 Å². The molecule has 0 spiro atoms. The summed E-state index contributed by atoms with van der Waals surface area (Å²) in [6, 6.07) is 8.10. The minimum atomic E-state index is 0.416. The Kier molecular flexibility index (Phi) is 3.70. The molecule has 1 aromatic carbocycles. The molecule has 0 bridgehead atoms. The van der Waals surface area contributed by atoms with Crippen LogP contribution < -0.4 is 5.73 Å². The summed E-state index contributed by atoms with van der Waals surface area (Å²) in [6.45, 7) is 3.70. The third-order valence-corrected chi connectivity index (χ3v) is 3.74. The summed E-state index contributed by atoms with van der Waals surface area (Å²) in [7, 11) is 0. The molecule has 2 N–H and O–H groups in total. The predicted molar refractivity (Wildman–Crippen MR) is 87.2 cm³/mol. The van der Waals surface area contributed by atoms with Crippen LogP contribution in [0.4, 0.5) is 0 Å². The van der Waals surface area contributed by atoms with E-state index in [-0.39, 0.29) is 0 Å². The van der Waals surface area contributed by atoms with Gasteiger partial charge in [0.15, 0.2) is 0 Å². The van der Waals surface area contributed by atoms with Gasteiger partial charge < -0.3 is 10.3 Å². The van der Waals surface area contributed by atoms with Gasteiger partial charge in [0, 0.05) is 23.8 Å². The minimum Gasteiger partial charge on any atom is -0.389 e. The monoisotopic (exact) mass is 299 g/mol. The fourth-order valence-corrected chi connectivity index (χ4v) is 2.56. The molecule has 0 fully saturated rings. The van der Waals surface area contributed by atoms with Crippen LogP contribution in [0.25, 0.3) is 10.9 Å². The predicted octanol–water partition coefficient (Wildman–Crippen LogP) is 2.33. The Morgan fingerprint density at radius 2 is 2.19 bits per heavy atom. The van der Waals surface area contributed by atoms with E-state index in [4.69, 9.17) is 18.0 Å². The maximum Gasteiger partial charge on any atom is 0.146 e. The number of thiocarbonyl (C=S) groups is 1. The molecule has 3 aromatic rings. The Bertz CT molecular complexity index is 786. The molecule has 2 heterocycles. The number of nitrogens with two attached hydrogens (primary N) is 1. The lowest BCUT2D eigenvalue weighted by Crippen LogP contribution is -2.11. The van der Waals surface area contributed by atoms with Gasteiger partial charge in [0.2, 0.25) is 0 Å². The van der Waals surface area contributed by atoms with Crippen molar-refractivity contribution in [1.82, 2.24) is 19.3 Å². The molecular weight excluding hydrogens is 282 g/mol. The second-order valence-corrected chi connectivity index (χ2v) is 5.42. The van der Waals surface area contributed by atoms with Crippen molar-refractivity contribution in [2.45, 2.75) is 26.4 Å². The Hall–Kier alpha value is -2.21. The van der Waals surface area contributed by atoms with Crippen molar-refractivity contribution in [3.8, 4) is 0 Å². The highest BCUT2D eigenvalue weighted by Gasteiger charge is 2.08. The van der Waals surface area contributed by atoms with Crippen molar-refractivity contribution in [2.24, 2.45) is 5.73 Å². The molecule has 108 valence electrons. The van der Waals surface area contributed by atoms with Crippen molar-refractivity contribution in [2.75, 3.05) is 0 Å². The van der Waals surface area contributed by atoms with E-state index in [2.05, 4.69) is 33.8 Å². The Morgan fingerprint density at radius 1 is 1.33 bits per heavy atom. The molecule has 6 heteroatoms. The van der Waals surface area contributed by atoms with E-state index in [9.17, 15) is 0 Å². The highest BCUT2D eigenvalue weighted by molar-refractivity contribution is 7.80. The van der Waals surface area contributed by atoms with Gasteiger partial charge in [-0.25, -0.2) is 9.67 Å². The molecule has 21 heavy (non-hydrogen) atoms. The van der Waals surface area contributed by atoms with Crippen LogP contribution in [0, 0.1) is 0 Å². The highest BCUT2D eigenvalue weighted by Crippen LogP contribution is 2.19. The van der Waals surface area contributed by atoms with Crippen LogP contribution in [0.1, 0.15) is 24.7 Å². The maximum atomic E-state index is 5.72. The van der Waals surface area contributed by atoms with Gasteiger partial charge in [-0.1, -0.05) is 31.3 Å². The molecular formula is C15H17N5S. The third kappa shape index (κ3) is 2.67. The molecule has 0 amide bonds. The lowest BCUT2D eigenvalue weighted by Gasteiger charge is -2.08. The van der Waals surface area contributed by atoms with Crippen molar-refractivity contribution < 1.29 is 0 Å². The summed E-state index contributed by atoms with van der Waals surface area (Å²) in [5, 5.41) is 5.43. The largest absolute Gasteiger partial charge is 0.389 e. The van der Waals surface area contributed by atoms with Gasteiger partial charge in [-0.15, -0.1) is 0 Å². The first-order valence-corrected chi connectivity index (χ1v) is 7.35. The van der Waals surface area contributed by atoms with E-state index in [0.29, 0.717) is 11.5 Å². The smallest absolute Gasteiger partial charge is 0.146 e. The topological polar surface area (TPSA) is 61.7 Å². The van der Waals surface area contributed by atoms with Crippen LogP contribution in [0.15, 0.2) is 36.8 Å². The van der Waals surface area contributed by atoms with Crippen LogP contribution >= 0.6 is 12.2 Å². The second-order valence-electron chi connectivity index (χ2n) is 4.98. The van der Waals surface area contributed by atoms with Crippen molar-refractivity contribution in [1.29, 1.82) is 0 Å². The van der Waals surface area contributed by atoms with E-state index >= 15 is 0 Å². The Morgan fingerprint density at radius 3 is 2.95 bits per heavy atom. The number of rotatable bonds is 5. The number of aryl methyl sites for hydroxylation is 1. The second kappa shape index (κ2) is 5.65. The maximum absolute atomic E-state index is 5.72. The first kappa shape index (κ1) is 13.8. The molecule has 3 rings (SSSR count). The van der Waals surface area contributed by atoms with Crippen molar-refractivity contribution in [3.05, 3.63) is 48.2 Å². The van der Waals surface area contributed by atoms with E-state index in [1.807, 2.05) is 22.9 Å². The van der Waals surface area contributed by atoms with E-state index in [0.717, 1.165) is 35.3 Å². The summed E-state index contributed by atoms with van der Waals surface area (Å²) in [5.74, 6) is 0.954. The summed E-state index contributed by atoms with van der Waals surface area (Å²) < 4.78 is 4.09. The lowest BCUT2D eigenvalue weighted by atomic mass is 10.1. The number of hydrogen-bond acceptors (Lipinski definition) is 3. The molecule has 2 aromatic heterocycles.